The molecule has 4 rings (SSSR count). The van der Waals surface area contributed by atoms with Crippen LogP contribution in [0.1, 0.15) is 61.2 Å². The van der Waals surface area contributed by atoms with Gasteiger partial charge in [-0.25, -0.2) is 4.98 Å². The van der Waals surface area contributed by atoms with Crippen LogP contribution in [0.5, 0.6) is 0 Å². The molecular formula is C22H28N2OS. The molecule has 0 spiro atoms. The molecule has 0 radical (unpaired) electrons. The number of nitrogens with zero attached hydrogens (tertiary/aromatic N) is 2. The van der Waals surface area contributed by atoms with Crippen LogP contribution in [-0.4, -0.2) is 28.4 Å². The van der Waals surface area contributed by atoms with Gasteiger partial charge >= 0.3 is 0 Å². The van der Waals surface area contributed by atoms with E-state index in [1.807, 2.05) is 6.07 Å². The maximum Gasteiger partial charge on any atom is 0.228 e. The number of benzene rings is 1. The Labute approximate surface area is 160 Å². The van der Waals surface area contributed by atoms with Crippen LogP contribution in [0.2, 0.25) is 0 Å². The van der Waals surface area contributed by atoms with Gasteiger partial charge in [0.25, 0.3) is 0 Å². The highest BCUT2D eigenvalue weighted by Gasteiger charge is 2.35. The van der Waals surface area contributed by atoms with Crippen molar-refractivity contribution in [3.8, 4) is 0 Å². The van der Waals surface area contributed by atoms with Gasteiger partial charge in [-0.05, 0) is 37.2 Å². The SMILES string of the molecule is O=C(Cc1csc(Cc2ccccc2)n1)N1CCC[C@H]1C1CCCCC1. The van der Waals surface area contributed by atoms with Gasteiger partial charge in [-0.2, -0.15) is 0 Å². The summed E-state index contributed by atoms with van der Waals surface area (Å²) >= 11 is 1.68. The van der Waals surface area contributed by atoms with E-state index >= 15 is 0 Å². The molecule has 1 saturated heterocycles. The molecule has 1 aromatic carbocycles. The summed E-state index contributed by atoms with van der Waals surface area (Å²) in [6.07, 6.45) is 10.4. The molecule has 4 heteroatoms. The number of hydrogen-bond acceptors (Lipinski definition) is 3. The van der Waals surface area contributed by atoms with Crippen LogP contribution < -0.4 is 0 Å². The van der Waals surface area contributed by atoms with Crippen LogP contribution in [0, 0.1) is 5.92 Å². The lowest BCUT2D eigenvalue weighted by Crippen LogP contribution is -2.41. The van der Waals surface area contributed by atoms with Crippen molar-refractivity contribution in [1.29, 1.82) is 0 Å². The van der Waals surface area contributed by atoms with Crippen molar-refractivity contribution in [2.75, 3.05) is 6.54 Å². The third kappa shape index (κ3) is 4.17. The average molecular weight is 369 g/mol. The minimum atomic E-state index is 0.287. The van der Waals surface area contributed by atoms with Crippen molar-refractivity contribution < 1.29 is 4.79 Å². The van der Waals surface area contributed by atoms with Crippen molar-refractivity contribution in [1.82, 2.24) is 9.88 Å². The van der Waals surface area contributed by atoms with Crippen molar-refractivity contribution in [3.05, 3.63) is 52.0 Å². The molecule has 2 heterocycles. The fourth-order valence-corrected chi connectivity index (χ4v) is 5.48. The number of carbonyl (C=O) groups excluding carboxylic acids is 1. The number of carbonyl (C=O) groups is 1. The summed E-state index contributed by atoms with van der Waals surface area (Å²) in [6.45, 7) is 0.945. The zero-order valence-corrected chi connectivity index (χ0v) is 16.2. The maximum absolute atomic E-state index is 12.9. The van der Waals surface area contributed by atoms with E-state index in [1.165, 1.54) is 50.5 Å². The van der Waals surface area contributed by atoms with Crippen molar-refractivity contribution >= 4 is 17.2 Å². The smallest absolute Gasteiger partial charge is 0.228 e. The molecule has 1 aliphatic carbocycles. The Bertz CT molecular complexity index is 721. The Morgan fingerprint density at radius 2 is 1.88 bits per heavy atom. The molecule has 2 fully saturated rings. The lowest BCUT2D eigenvalue weighted by molar-refractivity contribution is -0.132. The maximum atomic E-state index is 12.9. The van der Waals surface area contributed by atoms with E-state index in [4.69, 9.17) is 4.98 Å². The zero-order valence-electron chi connectivity index (χ0n) is 15.4. The largest absolute Gasteiger partial charge is 0.339 e. The molecule has 2 aromatic rings. The highest BCUT2D eigenvalue weighted by molar-refractivity contribution is 7.09. The number of hydrogen-bond donors (Lipinski definition) is 0. The number of amides is 1. The molecule has 1 atom stereocenters. The minimum absolute atomic E-state index is 0.287. The molecule has 0 unspecified atom stereocenters. The fraction of sp³-hybridized carbons (Fsp3) is 0.545. The van der Waals surface area contributed by atoms with Gasteiger partial charge in [-0.15, -0.1) is 11.3 Å². The van der Waals surface area contributed by atoms with E-state index in [9.17, 15) is 4.79 Å². The number of rotatable bonds is 5. The van der Waals surface area contributed by atoms with E-state index in [0.29, 0.717) is 12.5 Å². The van der Waals surface area contributed by atoms with Gasteiger partial charge in [0.2, 0.25) is 5.91 Å². The second kappa shape index (κ2) is 8.34. The van der Waals surface area contributed by atoms with Crippen molar-refractivity contribution in [2.24, 2.45) is 5.92 Å². The summed E-state index contributed by atoms with van der Waals surface area (Å²) < 4.78 is 0. The van der Waals surface area contributed by atoms with Gasteiger partial charge in [0, 0.05) is 24.4 Å². The summed E-state index contributed by atoms with van der Waals surface area (Å²) in [6, 6.07) is 10.9. The summed E-state index contributed by atoms with van der Waals surface area (Å²) in [5.74, 6) is 1.02. The highest BCUT2D eigenvalue weighted by Crippen LogP contribution is 2.34. The van der Waals surface area contributed by atoms with Gasteiger partial charge in [-0.1, -0.05) is 49.6 Å². The second-order valence-corrected chi connectivity index (χ2v) is 8.71. The normalized spacial score (nSPS) is 21.2. The van der Waals surface area contributed by atoms with Gasteiger partial charge in [-0.3, -0.25) is 4.79 Å². The van der Waals surface area contributed by atoms with Crippen LogP contribution in [0.4, 0.5) is 0 Å². The van der Waals surface area contributed by atoms with Crippen molar-refractivity contribution in [3.63, 3.8) is 0 Å². The Hall–Kier alpha value is -1.68. The predicted octanol–water partition coefficient (Wildman–Crippen LogP) is 4.85. The van der Waals surface area contributed by atoms with Gasteiger partial charge in [0.1, 0.15) is 0 Å². The molecule has 1 saturated carbocycles. The summed E-state index contributed by atoms with van der Waals surface area (Å²) in [4.78, 5) is 19.8. The van der Waals surface area contributed by atoms with Crippen molar-refractivity contribution in [2.45, 2.75) is 63.8 Å². The first-order valence-electron chi connectivity index (χ1n) is 10.1. The van der Waals surface area contributed by atoms with E-state index in [-0.39, 0.29) is 5.91 Å². The van der Waals surface area contributed by atoms with E-state index in [0.717, 1.165) is 29.6 Å². The fourth-order valence-electron chi connectivity index (χ4n) is 4.65. The molecule has 1 amide bonds. The van der Waals surface area contributed by atoms with Gasteiger partial charge in [0.15, 0.2) is 0 Å². The molecule has 0 N–H and O–H groups in total. The molecule has 1 aliphatic heterocycles. The Kier molecular flexibility index (Phi) is 5.68. The lowest BCUT2D eigenvalue weighted by Gasteiger charge is -2.34. The van der Waals surface area contributed by atoms with Crippen LogP contribution in [0.3, 0.4) is 0 Å². The molecule has 26 heavy (non-hydrogen) atoms. The highest BCUT2D eigenvalue weighted by atomic mass is 32.1. The predicted molar refractivity (Wildman–Crippen MR) is 106 cm³/mol. The first-order chi connectivity index (χ1) is 12.8. The topological polar surface area (TPSA) is 33.2 Å². The summed E-state index contributed by atoms with van der Waals surface area (Å²) in [5.41, 5.74) is 2.22. The molecule has 2 aliphatic rings. The molecule has 1 aromatic heterocycles. The number of aromatic nitrogens is 1. The number of likely N-dealkylation sites (tertiary alicyclic amines) is 1. The Balaban J connectivity index is 1.37. The molecule has 138 valence electrons. The van der Waals surface area contributed by atoms with E-state index < -0.39 is 0 Å². The summed E-state index contributed by atoms with van der Waals surface area (Å²) in [7, 11) is 0. The minimum Gasteiger partial charge on any atom is -0.339 e. The van der Waals surface area contributed by atoms with E-state index in [1.54, 1.807) is 11.3 Å². The quantitative estimate of drug-likeness (QED) is 0.756. The standard InChI is InChI=1S/C22H28N2OS/c25-22(24-13-7-12-20(24)18-10-5-2-6-11-18)15-19-16-26-21(23-19)14-17-8-3-1-4-9-17/h1,3-4,8-9,16,18,20H,2,5-7,10-15H2/t20-/m0/s1. The van der Waals surface area contributed by atoms with Crippen LogP contribution in [0.25, 0.3) is 0 Å². The molecule has 0 bridgehead atoms. The average Bonchev–Trinajstić information content (AvgIpc) is 3.33. The lowest BCUT2D eigenvalue weighted by atomic mass is 9.83. The van der Waals surface area contributed by atoms with Gasteiger partial charge < -0.3 is 4.90 Å². The summed E-state index contributed by atoms with van der Waals surface area (Å²) in [5, 5.41) is 3.17. The zero-order chi connectivity index (χ0) is 17.8. The molecule has 3 nitrogen and oxygen atoms in total. The Morgan fingerprint density at radius 3 is 2.69 bits per heavy atom. The van der Waals surface area contributed by atoms with Gasteiger partial charge in [0.05, 0.1) is 17.1 Å². The van der Waals surface area contributed by atoms with E-state index in [2.05, 4.69) is 34.5 Å². The van der Waals surface area contributed by atoms with Crippen LogP contribution in [0.15, 0.2) is 35.7 Å². The number of thiazole rings is 1. The van der Waals surface area contributed by atoms with Crippen LogP contribution >= 0.6 is 11.3 Å². The third-order valence-electron chi connectivity index (χ3n) is 5.94. The first-order valence-corrected chi connectivity index (χ1v) is 10.9. The second-order valence-electron chi connectivity index (χ2n) is 7.77. The monoisotopic (exact) mass is 368 g/mol. The third-order valence-corrected chi connectivity index (χ3v) is 6.84. The molecular weight excluding hydrogens is 340 g/mol. The van der Waals surface area contributed by atoms with Crippen LogP contribution in [-0.2, 0) is 17.6 Å². The first kappa shape index (κ1) is 17.7. The Morgan fingerprint density at radius 1 is 1.08 bits per heavy atom.